The number of ether oxygens (including phenoxy) is 3. The molecule has 10 heteroatoms. The van der Waals surface area contributed by atoms with E-state index >= 15 is 0 Å². The first-order valence-electron chi connectivity index (χ1n) is 14.9. The molecule has 0 spiro atoms. The third-order valence-corrected chi connectivity index (χ3v) is 8.33. The molecular formula is C34H45N2O7S+. The first-order valence-corrected chi connectivity index (χ1v) is 16.5. The molecular weight excluding hydrogens is 580 g/mol. The van der Waals surface area contributed by atoms with Crippen molar-refractivity contribution in [3.63, 3.8) is 0 Å². The van der Waals surface area contributed by atoms with Gasteiger partial charge in [-0.2, -0.15) is 0 Å². The molecule has 44 heavy (non-hydrogen) atoms. The summed E-state index contributed by atoms with van der Waals surface area (Å²) in [6.07, 6.45) is 5.57. The number of nitrogens with two attached hydrogens (primary N) is 1. The summed E-state index contributed by atoms with van der Waals surface area (Å²) in [7, 11) is 2.25. The third kappa shape index (κ3) is 11.7. The average Bonchev–Trinajstić information content (AvgIpc) is 2.98. The summed E-state index contributed by atoms with van der Waals surface area (Å²) >= 11 is 0. The monoisotopic (exact) mass is 625 g/mol. The van der Waals surface area contributed by atoms with Gasteiger partial charge in [0.15, 0.2) is 6.04 Å². The molecule has 0 fully saturated rings. The van der Waals surface area contributed by atoms with Crippen LogP contribution in [0.3, 0.4) is 0 Å². The number of likely N-dealkylation sites (N-methyl/N-ethyl adjacent to an activating group) is 1. The van der Waals surface area contributed by atoms with Crippen molar-refractivity contribution in [3.8, 4) is 11.5 Å². The van der Waals surface area contributed by atoms with Crippen LogP contribution in [0, 0.1) is 5.92 Å². The molecule has 2 atom stereocenters. The summed E-state index contributed by atoms with van der Waals surface area (Å²) in [6, 6.07) is 21.8. The fourth-order valence-electron chi connectivity index (χ4n) is 4.62. The van der Waals surface area contributed by atoms with Crippen molar-refractivity contribution in [1.29, 1.82) is 0 Å². The second kappa shape index (κ2) is 16.4. The summed E-state index contributed by atoms with van der Waals surface area (Å²) in [5.41, 5.74) is 1.34. The predicted octanol–water partition coefficient (Wildman–Crippen LogP) is 5.38. The van der Waals surface area contributed by atoms with E-state index in [1.807, 2.05) is 51.5 Å². The summed E-state index contributed by atoms with van der Waals surface area (Å²) < 4.78 is 40.1. The van der Waals surface area contributed by atoms with Gasteiger partial charge in [-0.25, -0.2) is 23.1 Å². The maximum Gasteiger partial charge on any atom is 0.365 e. The Hall–Kier alpha value is -3.73. The van der Waals surface area contributed by atoms with Crippen LogP contribution >= 0.6 is 0 Å². The van der Waals surface area contributed by atoms with E-state index in [1.165, 1.54) is 24.3 Å². The summed E-state index contributed by atoms with van der Waals surface area (Å²) in [6.45, 7) is 3.21. The van der Waals surface area contributed by atoms with E-state index in [0.717, 1.165) is 37.7 Å². The minimum atomic E-state index is -3.83. The SMILES string of the molecule is C[C@@H](CCCCCOc1ccc(OC(=O)c2ccc(S(N)(=O)=O)cc2)cc1)CCOC(=O)C(Cc1ccccc1)[N+](C)(C)C. The van der Waals surface area contributed by atoms with Gasteiger partial charge < -0.3 is 18.7 Å². The number of carbonyl (C=O) groups is 2. The summed E-state index contributed by atoms with van der Waals surface area (Å²) in [5, 5.41) is 5.08. The highest BCUT2D eigenvalue weighted by molar-refractivity contribution is 7.89. The molecule has 0 aliphatic heterocycles. The second-order valence-electron chi connectivity index (χ2n) is 12.0. The Labute approximate surface area is 261 Å². The lowest BCUT2D eigenvalue weighted by atomic mass is 10.0. The smallest absolute Gasteiger partial charge is 0.365 e. The lowest BCUT2D eigenvalue weighted by Crippen LogP contribution is -2.51. The molecule has 0 aromatic heterocycles. The van der Waals surface area contributed by atoms with Gasteiger partial charge in [-0.1, -0.05) is 56.5 Å². The van der Waals surface area contributed by atoms with Gasteiger partial charge in [0.2, 0.25) is 10.0 Å². The van der Waals surface area contributed by atoms with Crippen LogP contribution in [0.15, 0.2) is 83.8 Å². The van der Waals surface area contributed by atoms with E-state index in [-0.39, 0.29) is 22.5 Å². The van der Waals surface area contributed by atoms with Crippen molar-refractivity contribution in [2.45, 2.75) is 56.4 Å². The number of hydrogen-bond acceptors (Lipinski definition) is 7. The Morgan fingerprint density at radius 2 is 1.43 bits per heavy atom. The third-order valence-electron chi connectivity index (χ3n) is 7.40. The van der Waals surface area contributed by atoms with Gasteiger partial charge in [0, 0.05) is 6.42 Å². The molecule has 0 bridgehead atoms. The van der Waals surface area contributed by atoms with Crippen molar-refractivity contribution in [2.75, 3.05) is 34.4 Å². The molecule has 0 radical (unpaired) electrons. The molecule has 0 heterocycles. The highest BCUT2D eigenvalue weighted by Crippen LogP contribution is 2.21. The Morgan fingerprint density at radius 1 is 0.795 bits per heavy atom. The van der Waals surface area contributed by atoms with Gasteiger partial charge in [-0.15, -0.1) is 0 Å². The number of quaternary nitrogens is 1. The number of sulfonamides is 1. The Balaban J connectivity index is 1.29. The molecule has 0 saturated heterocycles. The molecule has 0 amide bonds. The van der Waals surface area contributed by atoms with Crippen molar-refractivity contribution in [2.24, 2.45) is 11.1 Å². The number of unbranched alkanes of at least 4 members (excludes halogenated alkanes) is 2. The number of rotatable bonds is 17. The molecule has 0 saturated carbocycles. The van der Waals surface area contributed by atoms with Crippen LogP contribution in [0.4, 0.5) is 0 Å². The van der Waals surface area contributed by atoms with Crippen LogP contribution < -0.4 is 14.6 Å². The number of esters is 2. The van der Waals surface area contributed by atoms with E-state index in [2.05, 4.69) is 6.92 Å². The molecule has 1 unspecified atom stereocenters. The topological polar surface area (TPSA) is 122 Å². The van der Waals surface area contributed by atoms with Gasteiger partial charge in [0.05, 0.1) is 44.8 Å². The fourth-order valence-corrected chi connectivity index (χ4v) is 5.14. The normalized spacial score (nSPS) is 13.1. The standard InChI is InChI=1S/C34H45N2O7S/c1-26(22-24-42-34(38)32(36(2,3)4)25-27-12-8-5-9-13-27)11-7-6-10-23-41-29-16-18-30(19-17-29)43-33(37)28-14-20-31(21-15-28)44(35,39)40/h5,8-9,12-21,26,32H,6-7,10-11,22-25H2,1-4H3,(H2,35,39,40)/q+1/t26-,32?/m0/s1. The lowest BCUT2D eigenvalue weighted by molar-refractivity contribution is -0.887. The van der Waals surface area contributed by atoms with E-state index < -0.39 is 16.0 Å². The molecule has 0 aliphatic rings. The van der Waals surface area contributed by atoms with E-state index in [1.54, 1.807) is 24.3 Å². The average molecular weight is 626 g/mol. The predicted molar refractivity (Wildman–Crippen MR) is 170 cm³/mol. The molecule has 2 N–H and O–H groups in total. The Bertz CT molecular complexity index is 1440. The zero-order valence-corrected chi connectivity index (χ0v) is 26.9. The summed E-state index contributed by atoms with van der Waals surface area (Å²) in [4.78, 5) is 25.2. The number of nitrogens with zero attached hydrogens (tertiary/aromatic N) is 1. The van der Waals surface area contributed by atoms with Gasteiger partial charge in [-0.3, -0.25) is 0 Å². The van der Waals surface area contributed by atoms with Gasteiger partial charge in [0.25, 0.3) is 0 Å². The maximum atomic E-state index is 12.9. The van der Waals surface area contributed by atoms with Crippen LogP contribution in [-0.2, 0) is 26.0 Å². The van der Waals surface area contributed by atoms with Crippen LogP contribution in [-0.4, -0.2) is 65.2 Å². The fraction of sp³-hybridized carbons (Fsp3) is 0.412. The van der Waals surface area contributed by atoms with E-state index in [9.17, 15) is 18.0 Å². The highest BCUT2D eigenvalue weighted by atomic mass is 32.2. The first kappa shape index (κ1) is 34.8. The van der Waals surface area contributed by atoms with Gasteiger partial charge in [0.1, 0.15) is 11.5 Å². The highest BCUT2D eigenvalue weighted by Gasteiger charge is 2.33. The quantitative estimate of drug-likeness (QED) is 0.0925. The van der Waals surface area contributed by atoms with E-state index in [4.69, 9.17) is 19.3 Å². The molecule has 0 aliphatic carbocycles. The molecule has 9 nitrogen and oxygen atoms in total. The number of benzene rings is 3. The van der Waals surface area contributed by atoms with Crippen molar-refractivity contribution in [1.82, 2.24) is 0 Å². The van der Waals surface area contributed by atoms with Crippen LogP contribution in [0.25, 0.3) is 0 Å². The van der Waals surface area contributed by atoms with Crippen LogP contribution in [0.2, 0.25) is 0 Å². The Morgan fingerprint density at radius 3 is 2.05 bits per heavy atom. The minimum Gasteiger partial charge on any atom is -0.494 e. The molecule has 3 aromatic rings. The van der Waals surface area contributed by atoms with E-state index in [0.29, 0.717) is 41.5 Å². The number of hydrogen-bond donors (Lipinski definition) is 1. The molecule has 3 rings (SSSR count). The zero-order valence-electron chi connectivity index (χ0n) is 26.1. The lowest BCUT2D eigenvalue weighted by Gasteiger charge is -2.32. The first-order chi connectivity index (χ1) is 20.8. The van der Waals surface area contributed by atoms with Crippen molar-refractivity contribution < 1.29 is 36.7 Å². The number of primary sulfonamides is 1. The molecule has 238 valence electrons. The number of carbonyl (C=O) groups excluding carboxylic acids is 2. The largest absolute Gasteiger partial charge is 0.494 e. The van der Waals surface area contributed by atoms with Crippen LogP contribution in [0.5, 0.6) is 11.5 Å². The zero-order chi connectivity index (χ0) is 32.2. The van der Waals surface area contributed by atoms with Gasteiger partial charge >= 0.3 is 11.9 Å². The van der Waals surface area contributed by atoms with Crippen molar-refractivity contribution in [3.05, 3.63) is 90.0 Å². The summed E-state index contributed by atoms with van der Waals surface area (Å²) in [5.74, 6) is 0.735. The second-order valence-corrected chi connectivity index (χ2v) is 13.6. The minimum absolute atomic E-state index is 0.0769. The van der Waals surface area contributed by atoms with Crippen molar-refractivity contribution >= 4 is 22.0 Å². The maximum absolute atomic E-state index is 12.9. The van der Waals surface area contributed by atoms with Gasteiger partial charge in [-0.05, 0) is 72.9 Å². The molecule has 3 aromatic carbocycles. The van der Waals surface area contributed by atoms with Crippen LogP contribution in [0.1, 0.15) is 54.9 Å². The Kier molecular flexibility index (Phi) is 12.9.